The van der Waals surface area contributed by atoms with Gasteiger partial charge in [-0.2, -0.15) is 13.2 Å². The van der Waals surface area contributed by atoms with E-state index in [1.165, 1.54) is 19.1 Å². The topological polar surface area (TPSA) is 68.5 Å². The second-order valence-corrected chi connectivity index (χ2v) is 6.13. The Morgan fingerprint density at radius 2 is 1.71 bits per heavy atom. The molecule has 2 aromatic carbocycles. The van der Waals surface area contributed by atoms with Gasteiger partial charge in [-0.1, -0.05) is 30.3 Å². The van der Waals surface area contributed by atoms with Gasteiger partial charge < -0.3 is 14.5 Å². The maximum absolute atomic E-state index is 13.0. The van der Waals surface area contributed by atoms with E-state index in [1.807, 2.05) is 0 Å². The standard InChI is InChI=1S/C20H16F3NO4/c1-11-13-7-3-6-10-16(13)28-17(11)19(26)27-12(2)18(25)24-15-9-5-4-8-14(15)20(21,22)23/h3-10,12H,1-2H3,(H,24,25)/t12-/m1/s1. The van der Waals surface area contributed by atoms with Crippen LogP contribution in [0.15, 0.2) is 52.9 Å². The van der Waals surface area contributed by atoms with Crippen LogP contribution < -0.4 is 5.32 Å². The Kier molecular flexibility index (Phi) is 5.13. The lowest BCUT2D eigenvalue weighted by atomic mass is 10.1. The molecule has 0 radical (unpaired) electrons. The van der Waals surface area contributed by atoms with Gasteiger partial charge in [-0.25, -0.2) is 4.79 Å². The fourth-order valence-electron chi connectivity index (χ4n) is 2.71. The van der Waals surface area contributed by atoms with Crippen LogP contribution in [0.1, 0.15) is 28.6 Å². The van der Waals surface area contributed by atoms with Crippen LogP contribution in [0, 0.1) is 6.92 Å². The van der Waals surface area contributed by atoms with E-state index in [-0.39, 0.29) is 5.76 Å². The first-order valence-corrected chi connectivity index (χ1v) is 8.34. The summed E-state index contributed by atoms with van der Waals surface area (Å²) in [5.41, 5.74) is -0.364. The van der Waals surface area contributed by atoms with Crippen LogP contribution in [0.25, 0.3) is 11.0 Å². The second kappa shape index (κ2) is 7.38. The number of benzene rings is 2. The molecule has 0 saturated heterocycles. The van der Waals surface area contributed by atoms with Crippen LogP contribution in [0.2, 0.25) is 0 Å². The number of amides is 1. The molecule has 0 aliphatic carbocycles. The minimum Gasteiger partial charge on any atom is -0.449 e. The van der Waals surface area contributed by atoms with E-state index in [0.717, 1.165) is 17.5 Å². The Bertz CT molecular complexity index is 1040. The molecule has 3 aromatic rings. The van der Waals surface area contributed by atoms with Gasteiger partial charge in [0.05, 0.1) is 11.3 Å². The molecule has 0 spiro atoms. The normalized spacial score (nSPS) is 12.6. The van der Waals surface area contributed by atoms with E-state index < -0.39 is 35.4 Å². The summed E-state index contributed by atoms with van der Waals surface area (Å²) in [6.45, 7) is 2.94. The minimum absolute atomic E-state index is 0.0588. The summed E-state index contributed by atoms with van der Waals surface area (Å²) in [5, 5.41) is 2.88. The van der Waals surface area contributed by atoms with E-state index in [9.17, 15) is 22.8 Å². The maximum atomic E-state index is 13.0. The largest absolute Gasteiger partial charge is 0.449 e. The highest BCUT2D eigenvalue weighted by Gasteiger charge is 2.34. The highest BCUT2D eigenvalue weighted by Crippen LogP contribution is 2.34. The molecule has 1 atom stereocenters. The number of ether oxygens (including phenoxy) is 1. The predicted molar refractivity (Wildman–Crippen MR) is 95.9 cm³/mol. The molecule has 3 rings (SSSR count). The number of nitrogens with one attached hydrogen (secondary N) is 1. The molecule has 0 unspecified atom stereocenters. The van der Waals surface area contributed by atoms with E-state index in [0.29, 0.717) is 11.1 Å². The van der Waals surface area contributed by atoms with Crippen LogP contribution in [-0.2, 0) is 15.7 Å². The number of para-hydroxylation sites is 2. The third-order valence-corrected chi connectivity index (χ3v) is 4.17. The number of esters is 1. The summed E-state index contributed by atoms with van der Waals surface area (Å²) in [5.74, 6) is -1.82. The number of rotatable bonds is 4. The SMILES string of the molecule is Cc1c(C(=O)O[C@H](C)C(=O)Nc2ccccc2C(F)(F)F)oc2ccccc12. The zero-order valence-electron chi connectivity index (χ0n) is 15.0. The quantitative estimate of drug-likeness (QED) is 0.640. The average Bonchev–Trinajstić information content (AvgIpc) is 2.98. The first kappa shape index (κ1) is 19.5. The number of fused-ring (bicyclic) bond motifs is 1. The van der Waals surface area contributed by atoms with Crippen molar-refractivity contribution in [1.82, 2.24) is 0 Å². The summed E-state index contributed by atoms with van der Waals surface area (Å²) in [6, 6.07) is 11.5. The molecule has 8 heteroatoms. The first-order chi connectivity index (χ1) is 13.2. The lowest BCUT2D eigenvalue weighted by Gasteiger charge is -2.16. The van der Waals surface area contributed by atoms with Crippen molar-refractivity contribution in [3.05, 3.63) is 65.4 Å². The van der Waals surface area contributed by atoms with Gasteiger partial charge in [0.1, 0.15) is 5.58 Å². The van der Waals surface area contributed by atoms with Gasteiger partial charge in [0.15, 0.2) is 6.10 Å². The fraction of sp³-hybridized carbons (Fsp3) is 0.200. The summed E-state index contributed by atoms with van der Waals surface area (Å²) < 4.78 is 49.6. The number of carbonyl (C=O) groups excluding carboxylic acids is 2. The molecular formula is C20H16F3NO4. The average molecular weight is 391 g/mol. The number of anilines is 1. The third-order valence-electron chi connectivity index (χ3n) is 4.17. The molecule has 0 bridgehead atoms. The number of furan rings is 1. The molecule has 5 nitrogen and oxygen atoms in total. The molecule has 0 aliphatic heterocycles. The van der Waals surface area contributed by atoms with Crippen LogP contribution in [0.5, 0.6) is 0 Å². The Morgan fingerprint density at radius 3 is 2.39 bits per heavy atom. The molecule has 0 fully saturated rings. The smallest absolute Gasteiger partial charge is 0.418 e. The van der Waals surface area contributed by atoms with Crippen LogP contribution in [0.4, 0.5) is 18.9 Å². The number of carbonyl (C=O) groups is 2. The van der Waals surface area contributed by atoms with Crippen molar-refractivity contribution >= 4 is 28.5 Å². The maximum Gasteiger partial charge on any atom is 0.418 e. The Morgan fingerprint density at radius 1 is 1.07 bits per heavy atom. The molecule has 0 aliphatic rings. The monoisotopic (exact) mass is 391 g/mol. The van der Waals surface area contributed by atoms with Crippen molar-refractivity contribution < 1.29 is 31.9 Å². The van der Waals surface area contributed by atoms with Crippen molar-refractivity contribution in [2.24, 2.45) is 0 Å². The number of hydrogen-bond acceptors (Lipinski definition) is 4. The van der Waals surface area contributed by atoms with Crippen molar-refractivity contribution in [1.29, 1.82) is 0 Å². The third kappa shape index (κ3) is 3.85. The second-order valence-electron chi connectivity index (χ2n) is 6.13. The fourth-order valence-corrected chi connectivity index (χ4v) is 2.71. The zero-order chi connectivity index (χ0) is 20.5. The Labute approximate surface area is 158 Å². The van der Waals surface area contributed by atoms with Crippen molar-refractivity contribution in [2.75, 3.05) is 5.32 Å². The van der Waals surface area contributed by atoms with Crippen LogP contribution in [0.3, 0.4) is 0 Å². The molecule has 1 N–H and O–H groups in total. The van der Waals surface area contributed by atoms with E-state index in [4.69, 9.17) is 9.15 Å². The van der Waals surface area contributed by atoms with Gasteiger partial charge in [-0.05, 0) is 32.0 Å². The lowest BCUT2D eigenvalue weighted by molar-refractivity contribution is -0.137. The number of aryl methyl sites for hydroxylation is 1. The summed E-state index contributed by atoms with van der Waals surface area (Å²) in [7, 11) is 0. The van der Waals surface area contributed by atoms with Gasteiger partial charge >= 0.3 is 12.1 Å². The molecule has 1 amide bonds. The number of hydrogen-bond donors (Lipinski definition) is 1. The van der Waals surface area contributed by atoms with Gasteiger partial charge in [-0.3, -0.25) is 4.79 Å². The molecule has 1 heterocycles. The van der Waals surface area contributed by atoms with Crippen molar-refractivity contribution in [3.63, 3.8) is 0 Å². The summed E-state index contributed by atoms with van der Waals surface area (Å²) in [6.07, 6.45) is -5.96. The van der Waals surface area contributed by atoms with Gasteiger partial charge in [-0.15, -0.1) is 0 Å². The van der Waals surface area contributed by atoms with Gasteiger partial charge in [0, 0.05) is 10.9 Å². The molecule has 0 saturated carbocycles. The molecular weight excluding hydrogens is 375 g/mol. The Hall–Kier alpha value is -3.29. The number of alkyl halides is 3. The summed E-state index contributed by atoms with van der Waals surface area (Å²) in [4.78, 5) is 24.6. The molecule has 146 valence electrons. The molecule has 28 heavy (non-hydrogen) atoms. The highest BCUT2D eigenvalue weighted by atomic mass is 19.4. The highest BCUT2D eigenvalue weighted by molar-refractivity contribution is 5.99. The van der Waals surface area contributed by atoms with Crippen LogP contribution >= 0.6 is 0 Å². The molecule has 1 aromatic heterocycles. The van der Waals surface area contributed by atoms with Gasteiger partial charge in [0.2, 0.25) is 5.76 Å². The lowest BCUT2D eigenvalue weighted by Crippen LogP contribution is -2.30. The van der Waals surface area contributed by atoms with Crippen molar-refractivity contribution in [3.8, 4) is 0 Å². The number of halogens is 3. The van der Waals surface area contributed by atoms with E-state index in [2.05, 4.69) is 5.32 Å². The van der Waals surface area contributed by atoms with Gasteiger partial charge in [0.25, 0.3) is 5.91 Å². The minimum atomic E-state index is -4.63. The van der Waals surface area contributed by atoms with E-state index >= 15 is 0 Å². The predicted octanol–water partition coefficient (Wildman–Crippen LogP) is 4.94. The van der Waals surface area contributed by atoms with Crippen molar-refractivity contribution in [2.45, 2.75) is 26.1 Å². The summed E-state index contributed by atoms with van der Waals surface area (Å²) >= 11 is 0. The zero-order valence-corrected chi connectivity index (χ0v) is 15.0. The van der Waals surface area contributed by atoms with E-state index in [1.54, 1.807) is 31.2 Å². The first-order valence-electron chi connectivity index (χ1n) is 8.34. The van der Waals surface area contributed by atoms with Crippen LogP contribution in [-0.4, -0.2) is 18.0 Å². The Balaban J connectivity index is 1.74.